The number of hydrogen-bond donors (Lipinski definition) is 2. The van der Waals surface area contributed by atoms with Crippen molar-refractivity contribution >= 4 is 56.4 Å². The number of carbonyl (C=O) groups excluding carboxylic acids is 1. The van der Waals surface area contributed by atoms with Gasteiger partial charge in [-0.15, -0.1) is 0 Å². The number of rotatable bonds is 4. The van der Waals surface area contributed by atoms with Gasteiger partial charge in [0.1, 0.15) is 0 Å². The summed E-state index contributed by atoms with van der Waals surface area (Å²) >= 11 is 15.2. The molecule has 3 nitrogen and oxygen atoms in total. The Morgan fingerprint density at radius 3 is 2.55 bits per heavy atom. The highest BCUT2D eigenvalue weighted by Gasteiger charge is 2.05. The van der Waals surface area contributed by atoms with Gasteiger partial charge in [-0.25, -0.2) is 0 Å². The smallest absolute Gasteiger partial charge is 0.243 e. The highest BCUT2D eigenvalue weighted by atomic mass is 79.9. The molecule has 0 heterocycles. The van der Waals surface area contributed by atoms with E-state index in [1.54, 1.807) is 24.3 Å². The van der Waals surface area contributed by atoms with Crippen molar-refractivity contribution in [1.29, 1.82) is 0 Å². The van der Waals surface area contributed by atoms with Crippen molar-refractivity contribution in [3.8, 4) is 0 Å². The zero-order valence-corrected chi connectivity index (χ0v) is 13.4. The highest BCUT2D eigenvalue weighted by molar-refractivity contribution is 9.10. The van der Waals surface area contributed by atoms with Crippen LogP contribution in [0.1, 0.15) is 0 Å². The molecule has 0 unspecified atom stereocenters. The summed E-state index contributed by atoms with van der Waals surface area (Å²) in [7, 11) is 0. The highest BCUT2D eigenvalue weighted by Crippen LogP contribution is 2.25. The summed E-state index contributed by atoms with van der Waals surface area (Å²) in [5.74, 6) is -0.183. The molecule has 0 fully saturated rings. The molecule has 6 heteroatoms. The van der Waals surface area contributed by atoms with Crippen LogP contribution >= 0.6 is 39.1 Å². The molecule has 1 amide bonds. The summed E-state index contributed by atoms with van der Waals surface area (Å²) in [6, 6.07) is 12.5. The first-order valence-corrected chi connectivity index (χ1v) is 7.34. The van der Waals surface area contributed by atoms with Crippen LogP contribution < -0.4 is 10.6 Å². The summed E-state index contributed by atoms with van der Waals surface area (Å²) in [6.45, 7) is 0.128. The van der Waals surface area contributed by atoms with E-state index in [-0.39, 0.29) is 12.5 Å². The van der Waals surface area contributed by atoms with Crippen molar-refractivity contribution in [2.24, 2.45) is 0 Å². The third-order valence-corrected chi connectivity index (χ3v) is 4.08. The maximum atomic E-state index is 11.8. The third kappa shape index (κ3) is 4.13. The molecule has 0 bridgehead atoms. The second-order valence-electron chi connectivity index (χ2n) is 4.01. The predicted octanol–water partition coefficient (Wildman–Crippen LogP) is 4.81. The van der Waals surface area contributed by atoms with Gasteiger partial charge in [-0.1, -0.05) is 35.3 Å². The minimum atomic E-state index is -0.183. The first-order valence-electron chi connectivity index (χ1n) is 5.79. The fraction of sp³-hybridized carbons (Fsp3) is 0.0714. The molecule has 2 rings (SSSR count). The Hall–Kier alpha value is -1.23. The van der Waals surface area contributed by atoms with E-state index >= 15 is 0 Å². The second kappa shape index (κ2) is 6.97. The largest absolute Gasteiger partial charge is 0.376 e. The van der Waals surface area contributed by atoms with Crippen LogP contribution in [0.15, 0.2) is 46.9 Å². The van der Waals surface area contributed by atoms with Crippen LogP contribution in [0.5, 0.6) is 0 Å². The molecule has 0 aliphatic carbocycles. The average Bonchev–Trinajstić information content (AvgIpc) is 2.43. The van der Waals surface area contributed by atoms with Crippen LogP contribution in [0.3, 0.4) is 0 Å². The van der Waals surface area contributed by atoms with E-state index < -0.39 is 0 Å². The first kappa shape index (κ1) is 15.2. The fourth-order valence-corrected chi connectivity index (χ4v) is 2.16. The van der Waals surface area contributed by atoms with E-state index in [9.17, 15) is 4.79 Å². The topological polar surface area (TPSA) is 41.1 Å². The van der Waals surface area contributed by atoms with Crippen LogP contribution in [0.4, 0.5) is 11.4 Å². The van der Waals surface area contributed by atoms with E-state index in [1.165, 1.54) is 0 Å². The van der Waals surface area contributed by atoms with Crippen LogP contribution in [-0.4, -0.2) is 12.5 Å². The summed E-state index contributed by atoms with van der Waals surface area (Å²) < 4.78 is 0.810. The van der Waals surface area contributed by atoms with Gasteiger partial charge in [0, 0.05) is 10.2 Å². The van der Waals surface area contributed by atoms with Gasteiger partial charge in [-0.3, -0.25) is 4.79 Å². The van der Waals surface area contributed by atoms with E-state index in [1.807, 2.05) is 18.2 Å². The number of nitrogens with one attached hydrogen (secondary N) is 2. The second-order valence-corrected chi connectivity index (χ2v) is 5.68. The molecular weight excluding hydrogens is 363 g/mol. The molecule has 104 valence electrons. The number of amides is 1. The molecule has 20 heavy (non-hydrogen) atoms. The monoisotopic (exact) mass is 372 g/mol. The van der Waals surface area contributed by atoms with Crippen molar-refractivity contribution in [2.45, 2.75) is 0 Å². The Bertz CT molecular complexity index is 634. The zero-order chi connectivity index (χ0) is 14.5. The summed E-state index contributed by atoms with van der Waals surface area (Å²) in [5, 5.41) is 6.81. The van der Waals surface area contributed by atoms with Gasteiger partial charge in [-0.05, 0) is 46.3 Å². The Morgan fingerprint density at radius 2 is 1.85 bits per heavy atom. The van der Waals surface area contributed by atoms with E-state index in [0.717, 1.165) is 10.2 Å². The minimum Gasteiger partial charge on any atom is -0.376 e. The van der Waals surface area contributed by atoms with Crippen LogP contribution in [0.2, 0.25) is 10.0 Å². The van der Waals surface area contributed by atoms with Crippen molar-refractivity contribution in [3.05, 3.63) is 57.0 Å². The lowest BCUT2D eigenvalue weighted by Crippen LogP contribution is -2.21. The number of anilines is 2. The Kier molecular flexibility index (Phi) is 5.29. The van der Waals surface area contributed by atoms with Crippen LogP contribution in [0.25, 0.3) is 0 Å². The molecule has 0 aromatic heterocycles. The molecule has 0 radical (unpaired) electrons. The van der Waals surface area contributed by atoms with E-state index in [4.69, 9.17) is 23.2 Å². The first-order chi connectivity index (χ1) is 9.56. The summed E-state index contributed by atoms with van der Waals surface area (Å²) in [4.78, 5) is 11.8. The lowest BCUT2D eigenvalue weighted by Gasteiger charge is -2.09. The van der Waals surface area contributed by atoms with Crippen molar-refractivity contribution in [1.82, 2.24) is 0 Å². The standard InChI is InChI=1S/C14H11BrCl2N2O/c15-10-6-5-9(7-12(10)17)18-8-14(20)19-13-4-2-1-3-11(13)16/h1-7,18H,8H2,(H,19,20). The molecule has 2 N–H and O–H groups in total. The van der Waals surface area contributed by atoms with Crippen LogP contribution in [-0.2, 0) is 4.79 Å². The number of hydrogen-bond acceptors (Lipinski definition) is 2. The van der Waals surface area contributed by atoms with Gasteiger partial charge in [0.2, 0.25) is 5.91 Å². The Labute approximate surface area is 135 Å². The van der Waals surface area contributed by atoms with Gasteiger partial charge in [0.05, 0.1) is 22.3 Å². The van der Waals surface area contributed by atoms with E-state index in [0.29, 0.717) is 15.7 Å². The van der Waals surface area contributed by atoms with Gasteiger partial charge < -0.3 is 10.6 Å². The number of halogens is 3. The number of para-hydroxylation sites is 1. The maximum absolute atomic E-state index is 11.8. The Morgan fingerprint density at radius 1 is 1.10 bits per heavy atom. The van der Waals surface area contributed by atoms with Crippen molar-refractivity contribution in [2.75, 3.05) is 17.2 Å². The van der Waals surface area contributed by atoms with Crippen LogP contribution in [0, 0.1) is 0 Å². The minimum absolute atomic E-state index is 0.128. The maximum Gasteiger partial charge on any atom is 0.243 e. The van der Waals surface area contributed by atoms with Gasteiger partial charge in [0.25, 0.3) is 0 Å². The molecule has 0 saturated carbocycles. The normalized spacial score (nSPS) is 10.2. The molecule has 0 atom stereocenters. The lowest BCUT2D eigenvalue weighted by atomic mass is 10.3. The average molecular weight is 374 g/mol. The van der Waals surface area contributed by atoms with Crippen molar-refractivity contribution < 1.29 is 4.79 Å². The van der Waals surface area contributed by atoms with Gasteiger partial charge >= 0.3 is 0 Å². The molecule has 2 aromatic rings. The quantitative estimate of drug-likeness (QED) is 0.807. The predicted molar refractivity (Wildman–Crippen MR) is 87.7 cm³/mol. The fourth-order valence-electron chi connectivity index (χ4n) is 1.55. The zero-order valence-electron chi connectivity index (χ0n) is 10.3. The molecule has 2 aromatic carbocycles. The molecule has 0 spiro atoms. The van der Waals surface area contributed by atoms with E-state index in [2.05, 4.69) is 26.6 Å². The summed E-state index contributed by atoms with van der Waals surface area (Å²) in [6.07, 6.45) is 0. The van der Waals surface area contributed by atoms with Gasteiger partial charge in [0.15, 0.2) is 0 Å². The molecule has 0 aliphatic heterocycles. The van der Waals surface area contributed by atoms with Crippen molar-refractivity contribution in [3.63, 3.8) is 0 Å². The molecule has 0 saturated heterocycles. The number of benzene rings is 2. The third-order valence-electron chi connectivity index (χ3n) is 2.52. The molecular formula is C14H11BrCl2N2O. The molecule has 0 aliphatic rings. The Balaban J connectivity index is 1.92. The summed E-state index contributed by atoms with van der Waals surface area (Å²) in [5.41, 5.74) is 1.36. The number of carbonyl (C=O) groups is 1. The lowest BCUT2D eigenvalue weighted by molar-refractivity contribution is -0.114. The van der Waals surface area contributed by atoms with Gasteiger partial charge in [-0.2, -0.15) is 0 Å². The SMILES string of the molecule is O=C(CNc1ccc(Br)c(Cl)c1)Nc1ccccc1Cl.